The van der Waals surface area contributed by atoms with Crippen LogP contribution in [0.3, 0.4) is 0 Å². The smallest absolute Gasteiger partial charge is 0.266 e. The van der Waals surface area contributed by atoms with Crippen molar-refractivity contribution in [1.82, 2.24) is 10.2 Å². The molecule has 126 valence electrons. The van der Waals surface area contributed by atoms with E-state index in [-0.39, 0.29) is 17.4 Å². The van der Waals surface area contributed by atoms with Crippen LogP contribution in [0, 0.1) is 5.92 Å². The van der Waals surface area contributed by atoms with E-state index in [1.165, 1.54) is 11.6 Å². The SMILES string of the molecule is CCc1cccc(NC(=O)C2CCCN(c3cn[nH]c(=O)c3)C2)c1. The zero-order valence-electron chi connectivity index (χ0n) is 13.8. The number of aromatic amines is 1. The van der Waals surface area contributed by atoms with Gasteiger partial charge in [-0.3, -0.25) is 9.59 Å². The summed E-state index contributed by atoms with van der Waals surface area (Å²) in [6, 6.07) is 9.47. The van der Waals surface area contributed by atoms with Crippen molar-refractivity contribution < 1.29 is 4.79 Å². The van der Waals surface area contributed by atoms with E-state index in [9.17, 15) is 9.59 Å². The van der Waals surface area contributed by atoms with E-state index in [1.54, 1.807) is 6.20 Å². The largest absolute Gasteiger partial charge is 0.369 e. The summed E-state index contributed by atoms with van der Waals surface area (Å²) in [5.74, 6) is -0.0610. The number of amides is 1. The first kappa shape index (κ1) is 16.2. The van der Waals surface area contributed by atoms with E-state index >= 15 is 0 Å². The maximum Gasteiger partial charge on any atom is 0.266 e. The first-order chi connectivity index (χ1) is 11.7. The number of carbonyl (C=O) groups is 1. The van der Waals surface area contributed by atoms with E-state index < -0.39 is 0 Å². The number of benzene rings is 1. The Hall–Kier alpha value is -2.63. The lowest BCUT2D eigenvalue weighted by atomic mass is 9.96. The second-order valence-corrected chi connectivity index (χ2v) is 6.13. The predicted molar refractivity (Wildman–Crippen MR) is 94.2 cm³/mol. The van der Waals surface area contributed by atoms with E-state index in [0.717, 1.165) is 37.2 Å². The van der Waals surface area contributed by atoms with Crippen LogP contribution in [0.5, 0.6) is 0 Å². The Kier molecular flexibility index (Phi) is 4.93. The molecule has 1 aliphatic heterocycles. The highest BCUT2D eigenvalue weighted by Gasteiger charge is 2.26. The van der Waals surface area contributed by atoms with E-state index in [1.807, 2.05) is 18.2 Å². The summed E-state index contributed by atoms with van der Waals surface area (Å²) in [4.78, 5) is 26.1. The van der Waals surface area contributed by atoms with Crippen molar-refractivity contribution in [2.45, 2.75) is 26.2 Å². The molecule has 24 heavy (non-hydrogen) atoms. The average Bonchev–Trinajstić information content (AvgIpc) is 2.62. The third kappa shape index (κ3) is 3.82. The lowest BCUT2D eigenvalue weighted by molar-refractivity contribution is -0.120. The fourth-order valence-corrected chi connectivity index (χ4v) is 3.08. The van der Waals surface area contributed by atoms with Gasteiger partial charge in [-0.05, 0) is 37.0 Å². The Bertz CT molecular complexity index is 771. The molecule has 1 atom stereocenters. The van der Waals surface area contributed by atoms with Gasteiger partial charge in [-0.2, -0.15) is 5.10 Å². The number of hydrogen-bond acceptors (Lipinski definition) is 4. The molecule has 0 bridgehead atoms. The number of aromatic nitrogens is 2. The molecule has 1 aliphatic rings. The number of nitrogens with one attached hydrogen (secondary N) is 2. The monoisotopic (exact) mass is 326 g/mol. The van der Waals surface area contributed by atoms with Crippen LogP contribution < -0.4 is 15.8 Å². The number of nitrogens with zero attached hydrogens (tertiary/aromatic N) is 2. The van der Waals surface area contributed by atoms with E-state index in [2.05, 4.69) is 33.4 Å². The Morgan fingerprint density at radius 3 is 3.08 bits per heavy atom. The molecule has 0 radical (unpaired) electrons. The van der Waals surface area contributed by atoms with Crippen LogP contribution >= 0.6 is 0 Å². The van der Waals surface area contributed by atoms with Gasteiger partial charge in [0.05, 0.1) is 17.8 Å². The minimum Gasteiger partial charge on any atom is -0.369 e. The fourth-order valence-electron chi connectivity index (χ4n) is 3.08. The maximum atomic E-state index is 12.6. The summed E-state index contributed by atoms with van der Waals surface area (Å²) in [6.07, 6.45) is 4.34. The third-order valence-electron chi connectivity index (χ3n) is 4.41. The summed E-state index contributed by atoms with van der Waals surface area (Å²) in [5, 5.41) is 9.23. The van der Waals surface area contributed by atoms with Crippen molar-refractivity contribution in [2.24, 2.45) is 5.92 Å². The van der Waals surface area contributed by atoms with Crippen molar-refractivity contribution in [3.05, 3.63) is 52.4 Å². The molecule has 6 heteroatoms. The Labute approximate surface area is 140 Å². The van der Waals surface area contributed by atoms with E-state index in [0.29, 0.717) is 6.54 Å². The summed E-state index contributed by atoms with van der Waals surface area (Å²) < 4.78 is 0. The highest BCUT2D eigenvalue weighted by Crippen LogP contribution is 2.23. The molecule has 0 aliphatic carbocycles. The van der Waals surface area contributed by atoms with Crippen LogP contribution in [0.2, 0.25) is 0 Å². The second kappa shape index (κ2) is 7.29. The molecular weight excluding hydrogens is 304 g/mol. The van der Waals surface area contributed by atoms with Gasteiger partial charge in [0, 0.05) is 24.8 Å². The summed E-state index contributed by atoms with van der Waals surface area (Å²) in [7, 11) is 0. The van der Waals surface area contributed by atoms with E-state index in [4.69, 9.17) is 0 Å². The average molecular weight is 326 g/mol. The lowest BCUT2D eigenvalue weighted by Gasteiger charge is -2.33. The summed E-state index contributed by atoms with van der Waals surface area (Å²) >= 11 is 0. The van der Waals surface area contributed by atoms with Crippen molar-refractivity contribution in [2.75, 3.05) is 23.3 Å². The van der Waals surface area contributed by atoms with Crippen LogP contribution in [-0.2, 0) is 11.2 Å². The first-order valence-electron chi connectivity index (χ1n) is 8.35. The van der Waals surface area contributed by atoms with Crippen molar-refractivity contribution in [1.29, 1.82) is 0 Å². The normalized spacial score (nSPS) is 17.5. The van der Waals surface area contributed by atoms with Gasteiger partial charge >= 0.3 is 0 Å². The minimum absolute atomic E-state index is 0.0331. The van der Waals surface area contributed by atoms with Gasteiger partial charge in [0.2, 0.25) is 5.91 Å². The van der Waals surface area contributed by atoms with Crippen LogP contribution in [0.1, 0.15) is 25.3 Å². The number of piperidine rings is 1. The number of H-pyrrole nitrogens is 1. The van der Waals surface area contributed by atoms with Gasteiger partial charge in [-0.1, -0.05) is 19.1 Å². The minimum atomic E-state index is -0.226. The zero-order chi connectivity index (χ0) is 16.9. The van der Waals surface area contributed by atoms with Crippen LogP contribution in [0.15, 0.2) is 41.3 Å². The third-order valence-corrected chi connectivity index (χ3v) is 4.41. The van der Waals surface area contributed by atoms with Crippen molar-refractivity contribution in [3.63, 3.8) is 0 Å². The lowest BCUT2D eigenvalue weighted by Crippen LogP contribution is -2.41. The van der Waals surface area contributed by atoms with Gasteiger partial charge in [-0.25, -0.2) is 5.10 Å². The molecular formula is C18H22N4O2. The highest BCUT2D eigenvalue weighted by atomic mass is 16.2. The molecule has 2 N–H and O–H groups in total. The number of hydrogen-bond donors (Lipinski definition) is 2. The molecule has 1 aromatic heterocycles. The van der Waals surface area contributed by atoms with Gasteiger partial charge in [0.15, 0.2) is 0 Å². The van der Waals surface area contributed by atoms with Crippen LogP contribution in [-0.4, -0.2) is 29.2 Å². The molecule has 2 aromatic rings. The molecule has 1 unspecified atom stereocenters. The molecule has 6 nitrogen and oxygen atoms in total. The molecule has 1 amide bonds. The molecule has 3 rings (SSSR count). The Morgan fingerprint density at radius 1 is 1.42 bits per heavy atom. The fraction of sp³-hybridized carbons (Fsp3) is 0.389. The quantitative estimate of drug-likeness (QED) is 0.903. The standard InChI is InChI=1S/C18H22N4O2/c1-2-13-5-3-7-15(9-13)20-18(24)14-6-4-8-22(12-14)16-10-17(23)21-19-11-16/h3,5,7,9-11,14H,2,4,6,8,12H2,1H3,(H,20,24)(H,21,23). The van der Waals surface area contributed by atoms with Gasteiger partial charge < -0.3 is 10.2 Å². The highest BCUT2D eigenvalue weighted by molar-refractivity contribution is 5.93. The number of rotatable bonds is 4. The first-order valence-corrected chi connectivity index (χ1v) is 8.35. The maximum absolute atomic E-state index is 12.6. The number of aryl methyl sites for hydroxylation is 1. The molecule has 1 aromatic carbocycles. The second-order valence-electron chi connectivity index (χ2n) is 6.13. The van der Waals surface area contributed by atoms with Crippen LogP contribution in [0.25, 0.3) is 0 Å². The summed E-state index contributed by atoms with van der Waals surface area (Å²) in [6.45, 7) is 3.53. The van der Waals surface area contributed by atoms with Gasteiger partial charge in [0.25, 0.3) is 5.56 Å². The summed E-state index contributed by atoms with van der Waals surface area (Å²) in [5.41, 5.74) is 2.58. The Morgan fingerprint density at radius 2 is 2.29 bits per heavy atom. The van der Waals surface area contributed by atoms with Crippen molar-refractivity contribution >= 4 is 17.3 Å². The van der Waals surface area contributed by atoms with Crippen molar-refractivity contribution in [3.8, 4) is 0 Å². The Balaban J connectivity index is 1.67. The number of anilines is 2. The molecule has 2 heterocycles. The zero-order valence-corrected chi connectivity index (χ0v) is 13.8. The van der Waals surface area contributed by atoms with Gasteiger partial charge in [0.1, 0.15) is 0 Å². The molecule has 1 fully saturated rings. The van der Waals surface area contributed by atoms with Gasteiger partial charge in [-0.15, -0.1) is 0 Å². The topological polar surface area (TPSA) is 78.1 Å². The molecule has 1 saturated heterocycles. The molecule has 0 saturated carbocycles. The predicted octanol–water partition coefficient (Wildman–Crippen LogP) is 2.19. The molecule has 0 spiro atoms. The van der Waals surface area contributed by atoms with Crippen LogP contribution in [0.4, 0.5) is 11.4 Å². The number of carbonyl (C=O) groups excluding carboxylic acids is 1.